The van der Waals surface area contributed by atoms with Gasteiger partial charge in [-0.05, 0) is 17.7 Å². The van der Waals surface area contributed by atoms with E-state index in [2.05, 4.69) is 15.4 Å². The first-order chi connectivity index (χ1) is 9.94. The summed E-state index contributed by atoms with van der Waals surface area (Å²) in [7, 11) is 0. The predicted molar refractivity (Wildman–Crippen MR) is 67.6 cm³/mol. The van der Waals surface area contributed by atoms with E-state index in [1.807, 2.05) is 0 Å². The van der Waals surface area contributed by atoms with Crippen LogP contribution in [0.15, 0.2) is 24.3 Å². The molecular weight excluding hydrogens is 289 g/mol. The maximum absolute atomic E-state index is 12.0. The molecule has 1 atom stereocenters. The van der Waals surface area contributed by atoms with Gasteiger partial charge in [0.05, 0.1) is 6.61 Å². The maximum Gasteiger partial charge on any atom is 0.573 e. The number of carbonyl (C=O) groups is 1. The number of rotatable bonds is 4. The van der Waals surface area contributed by atoms with E-state index >= 15 is 0 Å². The van der Waals surface area contributed by atoms with Crippen LogP contribution in [-0.2, 0) is 16.1 Å². The van der Waals surface area contributed by atoms with Crippen molar-refractivity contribution in [3.63, 3.8) is 0 Å². The van der Waals surface area contributed by atoms with Crippen molar-refractivity contribution in [1.29, 1.82) is 0 Å². The van der Waals surface area contributed by atoms with Crippen molar-refractivity contribution in [3.8, 4) is 5.75 Å². The van der Waals surface area contributed by atoms with Crippen LogP contribution in [0.3, 0.4) is 0 Å². The number of nitrogens with one attached hydrogen (secondary N) is 2. The zero-order valence-corrected chi connectivity index (χ0v) is 11.1. The van der Waals surface area contributed by atoms with Crippen molar-refractivity contribution in [2.75, 3.05) is 19.7 Å². The summed E-state index contributed by atoms with van der Waals surface area (Å²) in [6.45, 7) is 1.85. The molecule has 1 fully saturated rings. The van der Waals surface area contributed by atoms with Gasteiger partial charge in [0.2, 0.25) is 0 Å². The molecule has 1 heterocycles. The third-order valence-corrected chi connectivity index (χ3v) is 2.84. The third kappa shape index (κ3) is 5.24. The van der Waals surface area contributed by atoms with E-state index in [-0.39, 0.29) is 18.2 Å². The molecule has 116 valence electrons. The number of halogens is 3. The number of carbonyl (C=O) groups excluding carboxylic acids is 1. The molecule has 1 aliphatic rings. The fraction of sp³-hybridized carbons (Fsp3) is 0.462. The number of hydrogen-bond acceptors (Lipinski definition) is 4. The van der Waals surface area contributed by atoms with E-state index in [4.69, 9.17) is 4.74 Å². The van der Waals surface area contributed by atoms with Crippen molar-refractivity contribution < 1.29 is 27.4 Å². The molecule has 1 aromatic rings. The summed E-state index contributed by atoms with van der Waals surface area (Å²) in [6.07, 6.45) is -5.24. The van der Waals surface area contributed by atoms with Gasteiger partial charge in [0.1, 0.15) is 11.9 Å². The van der Waals surface area contributed by atoms with Crippen LogP contribution in [0.4, 0.5) is 13.2 Å². The van der Waals surface area contributed by atoms with E-state index in [1.54, 1.807) is 0 Å². The van der Waals surface area contributed by atoms with E-state index in [0.717, 1.165) is 0 Å². The van der Waals surface area contributed by atoms with E-state index in [0.29, 0.717) is 25.3 Å². The number of ether oxygens (including phenoxy) is 2. The number of amides is 1. The summed E-state index contributed by atoms with van der Waals surface area (Å²) in [5.74, 6) is -0.546. The zero-order chi connectivity index (χ0) is 15.3. The molecule has 0 spiro atoms. The van der Waals surface area contributed by atoms with Crippen LogP contribution in [0, 0.1) is 0 Å². The van der Waals surface area contributed by atoms with Gasteiger partial charge in [0.25, 0.3) is 5.91 Å². The van der Waals surface area contributed by atoms with Gasteiger partial charge in [0.15, 0.2) is 0 Å². The van der Waals surface area contributed by atoms with Gasteiger partial charge >= 0.3 is 6.36 Å². The molecular formula is C13H15F3N2O3. The summed E-state index contributed by atoms with van der Waals surface area (Å²) in [5.41, 5.74) is 0.668. The molecule has 1 amide bonds. The Kier molecular flexibility index (Phi) is 5.03. The standard InChI is InChI=1S/C13H15F3N2O3/c14-13(15,16)21-10-3-1-9(2-4-10)7-18-12(19)11-8-17-5-6-20-11/h1-4,11,17H,5-8H2,(H,18,19). The Morgan fingerprint density at radius 3 is 2.67 bits per heavy atom. The maximum atomic E-state index is 12.0. The largest absolute Gasteiger partial charge is 0.573 e. The molecule has 1 aliphatic heterocycles. The predicted octanol–water partition coefficient (Wildman–Crippen LogP) is 1.19. The Morgan fingerprint density at radius 1 is 1.38 bits per heavy atom. The Hall–Kier alpha value is -1.80. The van der Waals surface area contributed by atoms with Gasteiger partial charge in [-0.2, -0.15) is 0 Å². The smallest absolute Gasteiger partial charge is 0.406 e. The molecule has 0 radical (unpaired) electrons. The molecule has 8 heteroatoms. The molecule has 21 heavy (non-hydrogen) atoms. The summed E-state index contributed by atoms with van der Waals surface area (Å²) >= 11 is 0. The monoisotopic (exact) mass is 304 g/mol. The van der Waals surface area contributed by atoms with Gasteiger partial charge in [0, 0.05) is 19.6 Å². The van der Waals surface area contributed by atoms with Crippen molar-refractivity contribution in [3.05, 3.63) is 29.8 Å². The molecule has 1 saturated heterocycles. The van der Waals surface area contributed by atoms with Crippen LogP contribution in [0.1, 0.15) is 5.56 Å². The topological polar surface area (TPSA) is 59.6 Å². The Balaban J connectivity index is 1.81. The van der Waals surface area contributed by atoms with Gasteiger partial charge in [-0.3, -0.25) is 4.79 Å². The summed E-state index contributed by atoms with van der Waals surface area (Å²) in [6, 6.07) is 5.32. The highest BCUT2D eigenvalue weighted by atomic mass is 19.4. The fourth-order valence-electron chi connectivity index (χ4n) is 1.85. The minimum Gasteiger partial charge on any atom is -0.406 e. The van der Waals surface area contributed by atoms with Crippen LogP contribution in [0.2, 0.25) is 0 Å². The quantitative estimate of drug-likeness (QED) is 0.877. The lowest BCUT2D eigenvalue weighted by Gasteiger charge is -2.22. The second-order valence-electron chi connectivity index (χ2n) is 4.47. The first-order valence-corrected chi connectivity index (χ1v) is 6.39. The number of hydrogen-bond donors (Lipinski definition) is 2. The molecule has 0 aromatic heterocycles. The second-order valence-corrected chi connectivity index (χ2v) is 4.47. The molecule has 5 nitrogen and oxygen atoms in total. The Labute approximate surface area is 119 Å². The van der Waals surface area contributed by atoms with E-state index in [9.17, 15) is 18.0 Å². The fourth-order valence-corrected chi connectivity index (χ4v) is 1.85. The SMILES string of the molecule is O=C(NCc1ccc(OC(F)(F)F)cc1)C1CNCCO1. The molecule has 0 aliphatic carbocycles. The lowest BCUT2D eigenvalue weighted by molar-refractivity contribution is -0.274. The van der Waals surface area contributed by atoms with Crippen molar-refractivity contribution in [2.24, 2.45) is 0 Å². The highest BCUT2D eigenvalue weighted by Crippen LogP contribution is 2.22. The minimum absolute atomic E-state index is 0.213. The van der Waals surface area contributed by atoms with Crippen LogP contribution < -0.4 is 15.4 Å². The lowest BCUT2D eigenvalue weighted by Crippen LogP contribution is -2.47. The van der Waals surface area contributed by atoms with Gasteiger partial charge < -0.3 is 20.1 Å². The third-order valence-electron chi connectivity index (χ3n) is 2.84. The molecule has 2 N–H and O–H groups in total. The van der Waals surface area contributed by atoms with E-state index in [1.165, 1.54) is 24.3 Å². The van der Waals surface area contributed by atoms with Crippen LogP contribution in [-0.4, -0.2) is 38.1 Å². The molecule has 0 bridgehead atoms. The summed E-state index contributed by atoms with van der Waals surface area (Å²) in [4.78, 5) is 11.8. The minimum atomic E-state index is -4.71. The number of benzene rings is 1. The van der Waals surface area contributed by atoms with Crippen molar-refractivity contribution >= 4 is 5.91 Å². The average molecular weight is 304 g/mol. The van der Waals surface area contributed by atoms with Gasteiger partial charge in [-0.25, -0.2) is 0 Å². The van der Waals surface area contributed by atoms with E-state index < -0.39 is 12.5 Å². The second kappa shape index (κ2) is 6.77. The molecule has 1 unspecified atom stereocenters. The Morgan fingerprint density at radius 2 is 2.10 bits per heavy atom. The van der Waals surface area contributed by atoms with Crippen molar-refractivity contribution in [1.82, 2.24) is 10.6 Å². The zero-order valence-electron chi connectivity index (χ0n) is 11.1. The summed E-state index contributed by atoms with van der Waals surface area (Å²) in [5, 5.41) is 5.70. The highest BCUT2D eigenvalue weighted by molar-refractivity contribution is 5.81. The molecule has 2 rings (SSSR count). The summed E-state index contributed by atoms with van der Waals surface area (Å²) < 4.78 is 45.1. The molecule has 1 aromatic carbocycles. The van der Waals surface area contributed by atoms with Crippen LogP contribution in [0.5, 0.6) is 5.75 Å². The van der Waals surface area contributed by atoms with Gasteiger partial charge in [-0.15, -0.1) is 13.2 Å². The van der Waals surface area contributed by atoms with Crippen LogP contribution in [0.25, 0.3) is 0 Å². The first-order valence-electron chi connectivity index (χ1n) is 6.39. The van der Waals surface area contributed by atoms with Crippen molar-refractivity contribution in [2.45, 2.75) is 19.0 Å². The average Bonchev–Trinajstić information content (AvgIpc) is 2.45. The lowest BCUT2D eigenvalue weighted by atomic mass is 10.2. The van der Waals surface area contributed by atoms with Crippen LogP contribution >= 0.6 is 0 Å². The highest BCUT2D eigenvalue weighted by Gasteiger charge is 2.31. The van der Waals surface area contributed by atoms with Gasteiger partial charge in [-0.1, -0.05) is 12.1 Å². The normalized spacial score (nSPS) is 19.1. The number of morpholine rings is 1. The Bertz CT molecular complexity index is 471. The molecule has 0 saturated carbocycles. The number of alkyl halides is 3. The first kappa shape index (κ1) is 15.6.